The molecule has 2 N–H and O–H groups in total. The van der Waals surface area contributed by atoms with Gasteiger partial charge in [0.1, 0.15) is 11.3 Å². The van der Waals surface area contributed by atoms with Crippen molar-refractivity contribution in [1.29, 1.82) is 0 Å². The van der Waals surface area contributed by atoms with E-state index in [2.05, 4.69) is 44.7 Å². The fourth-order valence-electron chi connectivity index (χ4n) is 1.84. The smallest absolute Gasteiger partial charge is 0.191 e. The Morgan fingerprint density at radius 2 is 2.05 bits per heavy atom. The molecular weight excluding hydrogens is 413 g/mol. The molecule has 0 aliphatic carbocycles. The van der Waals surface area contributed by atoms with Gasteiger partial charge in [0.2, 0.25) is 0 Å². The molecule has 0 bridgehead atoms. The molecule has 7 nitrogen and oxygen atoms in total. The van der Waals surface area contributed by atoms with Gasteiger partial charge in [0, 0.05) is 18.5 Å². The third-order valence-electron chi connectivity index (χ3n) is 3.15. The van der Waals surface area contributed by atoms with E-state index in [1.807, 2.05) is 11.5 Å². The second-order valence-corrected chi connectivity index (χ2v) is 5.85. The molecule has 0 radical (unpaired) electrons. The first-order chi connectivity index (χ1) is 10.1. The molecule has 2 aromatic heterocycles. The van der Waals surface area contributed by atoms with Crippen molar-refractivity contribution in [1.82, 2.24) is 30.4 Å². The minimum Gasteiger partial charge on any atom is -0.350 e. The van der Waals surface area contributed by atoms with Crippen LogP contribution in [0.1, 0.15) is 28.3 Å². The van der Waals surface area contributed by atoms with Gasteiger partial charge in [-0.15, -0.1) is 45.5 Å². The van der Waals surface area contributed by atoms with E-state index < -0.39 is 0 Å². The number of guanidine groups is 1. The van der Waals surface area contributed by atoms with Crippen molar-refractivity contribution in [3.63, 3.8) is 0 Å². The molecule has 0 aliphatic heterocycles. The summed E-state index contributed by atoms with van der Waals surface area (Å²) in [5.74, 6) is 1.62. The van der Waals surface area contributed by atoms with Crippen molar-refractivity contribution in [2.75, 3.05) is 7.05 Å². The average molecular weight is 435 g/mol. The third kappa shape index (κ3) is 4.90. The maximum Gasteiger partial charge on any atom is 0.191 e. The summed E-state index contributed by atoms with van der Waals surface area (Å²) in [6, 6.07) is 0. The highest BCUT2D eigenvalue weighted by Gasteiger charge is 2.06. The van der Waals surface area contributed by atoms with Crippen LogP contribution < -0.4 is 10.6 Å². The predicted octanol–water partition coefficient (Wildman–Crippen LogP) is 1.85. The summed E-state index contributed by atoms with van der Waals surface area (Å²) in [6.45, 7) is 8.28. The van der Waals surface area contributed by atoms with E-state index in [0.717, 1.165) is 29.0 Å². The lowest BCUT2D eigenvalue weighted by atomic mass is 10.4. The molecule has 0 atom stereocenters. The molecule has 0 amide bonds. The number of aryl methyl sites for hydroxylation is 3. The van der Waals surface area contributed by atoms with Gasteiger partial charge in [0.25, 0.3) is 0 Å². The van der Waals surface area contributed by atoms with Crippen LogP contribution >= 0.6 is 35.3 Å². The number of aliphatic imine (C=N–C) groups is 1. The molecule has 0 saturated carbocycles. The number of nitrogens with one attached hydrogen (secondary N) is 2. The summed E-state index contributed by atoms with van der Waals surface area (Å²) in [4.78, 5) is 9.96. The first kappa shape index (κ1) is 18.8. The maximum atomic E-state index is 4.50. The fourth-order valence-corrected chi connectivity index (χ4v) is 2.71. The lowest BCUT2D eigenvalue weighted by Crippen LogP contribution is -2.37. The highest BCUT2D eigenvalue weighted by molar-refractivity contribution is 14.0. The molecule has 22 heavy (non-hydrogen) atoms. The summed E-state index contributed by atoms with van der Waals surface area (Å²) in [7, 11) is 1.75. The SMILES string of the molecule is CCn1cnnc1CNC(=NC)NCc1nc(C)c(C)s1.I. The topological polar surface area (TPSA) is 80.0 Å². The van der Waals surface area contributed by atoms with Crippen LogP contribution in [0.5, 0.6) is 0 Å². The van der Waals surface area contributed by atoms with Crippen LogP contribution in [0.15, 0.2) is 11.3 Å². The highest BCUT2D eigenvalue weighted by Crippen LogP contribution is 2.15. The number of thiazole rings is 1. The van der Waals surface area contributed by atoms with Crippen molar-refractivity contribution in [2.45, 2.75) is 40.4 Å². The molecule has 0 aliphatic rings. The van der Waals surface area contributed by atoms with Gasteiger partial charge in [-0.1, -0.05) is 0 Å². The molecule has 2 rings (SSSR count). The summed E-state index contributed by atoms with van der Waals surface area (Å²) >= 11 is 1.71. The quantitative estimate of drug-likeness (QED) is 0.426. The molecule has 2 aromatic rings. The minimum absolute atomic E-state index is 0. The van der Waals surface area contributed by atoms with Crippen LogP contribution in [0.3, 0.4) is 0 Å². The summed E-state index contributed by atoms with van der Waals surface area (Å²) < 4.78 is 1.99. The monoisotopic (exact) mass is 435 g/mol. The summed E-state index contributed by atoms with van der Waals surface area (Å²) in [6.07, 6.45) is 1.73. The molecule has 0 saturated heterocycles. The van der Waals surface area contributed by atoms with Gasteiger partial charge in [-0.3, -0.25) is 4.99 Å². The van der Waals surface area contributed by atoms with Gasteiger partial charge < -0.3 is 15.2 Å². The number of hydrogen-bond donors (Lipinski definition) is 2. The van der Waals surface area contributed by atoms with E-state index >= 15 is 0 Å². The average Bonchev–Trinajstić information content (AvgIpc) is 3.06. The Kier molecular flexibility index (Phi) is 7.73. The number of hydrogen-bond acceptors (Lipinski definition) is 5. The normalized spacial score (nSPS) is 11.2. The molecule has 0 aromatic carbocycles. The molecular formula is C13H22IN7S. The number of aromatic nitrogens is 4. The second kappa shape index (κ2) is 9.03. The molecule has 122 valence electrons. The fraction of sp³-hybridized carbons (Fsp3) is 0.538. The largest absolute Gasteiger partial charge is 0.350 e. The van der Waals surface area contributed by atoms with E-state index in [9.17, 15) is 0 Å². The zero-order valence-corrected chi connectivity index (χ0v) is 16.4. The third-order valence-corrected chi connectivity index (χ3v) is 4.23. The zero-order valence-electron chi connectivity index (χ0n) is 13.3. The van der Waals surface area contributed by atoms with Crippen LogP contribution in [-0.2, 0) is 19.6 Å². The lowest BCUT2D eigenvalue weighted by molar-refractivity contribution is 0.669. The predicted molar refractivity (Wildman–Crippen MR) is 99.7 cm³/mol. The van der Waals surface area contributed by atoms with Crippen LogP contribution in [0.2, 0.25) is 0 Å². The lowest BCUT2D eigenvalue weighted by Gasteiger charge is -2.10. The van der Waals surface area contributed by atoms with Gasteiger partial charge in [0.05, 0.1) is 18.8 Å². The van der Waals surface area contributed by atoms with E-state index in [1.165, 1.54) is 4.88 Å². The van der Waals surface area contributed by atoms with E-state index in [-0.39, 0.29) is 24.0 Å². The Bertz CT molecular complexity index is 600. The molecule has 9 heteroatoms. The van der Waals surface area contributed by atoms with Crippen molar-refractivity contribution in [2.24, 2.45) is 4.99 Å². The number of nitrogens with zero attached hydrogens (tertiary/aromatic N) is 5. The molecule has 2 heterocycles. The zero-order chi connectivity index (χ0) is 15.2. The number of halogens is 1. The Morgan fingerprint density at radius 3 is 2.64 bits per heavy atom. The van der Waals surface area contributed by atoms with E-state index in [0.29, 0.717) is 13.1 Å². The Labute approximate surface area is 151 Å². The van der Waals surface area contributed by atoms with Crippen LogP contribution in [-0.4, -0.2) is 32.8 Å². The van der Waals surface area contributed by atoms with Crippen molar-refractivity contribution < 1.29 is 0 Å². The highest BCUT2D eigenvalue weighted by atomic mass is 127. The van der Waals surface area contributed by atoms with Crippen LogP contribution in [0.4, 0.5) is 0 Å². The van der Waals surface area contributed by atoms with Crippen molar-refractivity contribution in [3.05, 3.63) is 27.7 Å². The maximum absolute atomic E-state index is 4.50. The number of rotatable bonds is 5. The van der Waals surface area contributed by atoms with Gasteiger partial charge in [-0.05, 0) is 20.8 Å². The van der Waals surface area contributed by atoms with Gasteiger partial charge in [0.15, 0.2) is 11.8 Å². The molecule has 0 unspecified atom stereocenters. The first-order valence-electron chi connectivity index (χ1n) is 6.88. The Morgan fingerprint density at radius 1 is 1.32 bits per heavy atom. The van der Waals surface area contributed by atoms with E-state index in [1.54, 1.807) is 24.7 Å². The van der Waals surface area contributed by atoms with Gasteiger partial charge >= 0.3 is 0 Å². The summed E-state index contributed by atoms with van der Waals surface area (Å²) in [5, 5.41) is 15.5. The van der Waals surface area contributed by atoms with Gasteiger partial charge in [-0.2, -0.15) is 0 Å². The standard InChI is InChI=1S/C13H21N7S.HI/c1-5-20-8-17-19-11(20)6-15-13(14-4)16-7-12-18-9(2)10(3)21-12;/h8H,5-7H2,1-4H3,(H2,14,15,16);1H. The van der Waals surface area contributed by atoms with E-state index in [4.69, 9.17) is 0 Å². The second-order valence-electron chi connectivity index (χ2n) is 4.56. The minimum atomic E-state index is 0. The molecule has 0 fully saturated rings. The van der Waals surface area contributed by atoms with Crippen LogP contribution in [0.25, 0.3) is 0 Å². The first-order valence-corrected chi connectivity index (χ1v) is 7.69. The Hall–Kier alpha value is -1.23. The summed E-state index contributed by atoms with van der Waals surface area (Å²) in [5.41, 5.74) is 1.09. The van der Waals surface area contributed by atoms with Gasteiger partial charge in [-0.25, -0.2) is 4.98 Å². The van der Waals surface area contributed by atoms with Crippen molar-refractivity contribution >= 4 is 41.3 Å². The van der Waals surface area contributed by atoms with Crippen LogP contribution in [0, 0.1) is 13.8 Å². The van der Waals surface area contributed by atoms with Crippen molar-refractivity contribution in [3.8, 4) is 0 Å². The molecule has 0 spiro atoms. The Balaban J connectivity index is 0.00000242.